The van der Waals surface area contributed by atoms with Crippen LogP contribution in [0.5, 0.6) is 0 Å². The molecule has 1 nitrogen and oxygen atoms in total. The fourth-order valence-corrected chi connectivity index (χ4v) is 2.78. The van der Waals surface area contributed by atoms with Gasteiger partial charge >= 0.3 is 0 Å². The van der Waals surface area contributed by atoms with Crippen molar-refractivity contribution in [1.29, 1.82) is 0 Å². The summed E-state index contributed by atoms with van der Waals surface area (Å²) in [6.07, 6.45) is 0. The lowest BCUT2D eigenvalue weighted by Crippen LogP contribution is -1.99. The smallest absolute Gasteiger partial charge is 0.236 e. The Morgan fingerprint density at radius 2 is 1.42 bits per heavy atom. The lowest BCUT2D eigenvalue weighted by Gasteiger charge is -2.09. The lowest BCUT2D eigenvalue weighted by atomic mass is 9.94. The monoisotopic (exact) mass is 310 g/mol. The third kappa shape index (κ3) is 3.62. The Bertz CT molecular complexity index is 920. The van der Waals surface area contributed by atoms with Gasteiger partial charge in [-0.15, -0.1) is 0 Å². The summed E-state index contributed by atoms with van der Waals surface area (Å²) in [5.41, 5.74) is 5.83. The van der Waals surface area contributed by atoms with Crippen molar-refractivity contribution in [2.75, 3.05) is 0 Å². The third-order valence-corrected chi connectivity index (χ3v) is 3.80. The van der Waals surface area contributed by atoms with E-state index in [1.54, 1.807) is 0 Å². The second-order valence-electron chi connectivity index (χ2n) is 5.87. The Morgan fingerprint density at radius 3 is 2.12 bits per heavy atom. The van der Waals surface area contributed by atoms with E-state index in [0.717, 1.165) is 16.7 Å². The van der Waals surface area contributed by atoms with E-state index >= 15 is 0 Å². The molecule has 0 saturated heterocycles. The van der Waals surface area contributed by atoms with Crippen LogP contribution in [0, 0.1) is 25.7 Å². The Hall–Kier alpha value is -3.11. The molecule has 3 aromatic carbocycles. The standard InChI is InChI=1S/C23H18O/c1-17-14-18(2)16-20(15-17)21-10-6-7-11-22(21)23(24)13-12-19-8-4-3-5-9-19/h3-11,14-16H,1-2H3. The normalized spacial score (nSPS) is 9.92. The van der Waals surface area contributed by atoms with Gasteiger partial charge in [0, 0.05) is 11.1 Å². The zero-order valence-corrected chi connectivity index (χ0v) is 13.8. The molecule has 0 spiro atoms. The van der Waals surface area contributed by atoms with Gasteiger partial charge in [0.05, 0.1) is 0 Å². The number of carbonyl (C=O) groups is 1. The van der Waals surface area contributed by atoms with Crippen LogP contribution in [0.25, 0.3) is 11.1 Å². The highest BCUT2D eigenvalue weighted by atomic mass is 16.1. The minimum Gasteiger partial charge on any atom is -0.279 e. The van der Waals surface area contributed by atoms with Gasteiger partial charge in [0.1, 0.15) is 0 Å². The van der Waals surface area contributed by atoms with Gasteiger partial charge in [-0.05, 0) is 49.1 Å². The van der Waals surface area contributed by atoms with E-state index in [2.05, 4.69) is 43.9 Å². The highest BCUT2D eigenvalue weighted by Crippen LogP contribution is 2.26. The summed E-state index contributed by atoms with van der Waals surface area (Å²) < 4.78 is 0. The molecular weight excluding hydrogens is 292 g/mol. The van der Waals surface area contributed by atoms with Crippen molar-refractivity contribution < 1.29 is 4.79 Å². The molecule has 24 heavy (non-hydrogen) atoms. The molecule has 0 atom stereocenters. The van der Waals surface area contributed by atoms with Crippen LogP contribution in [0.3, 0.4) is 0 Å². The highest BCUT2D eigenvalue weighted by Gasteiger charge is 2.11. The van der Waals surface area contributed by atoms with Gasteiger partial charge in [-0.3, -0.25) is 4.79 Å². The molecule has 0 radical (unpaired) electrons. The lowest BCUT2D eigenvalue weighted by molar-refractivity contribution is 0.105. The van der Waals surface area contributed by atoms with E-state index in [1.165, 1.54) is 11.1 Å². The number of hydrogen-bond acceptors (Lipinski definition) is 1. The fourth-order valence-electron chi connectivity index (χ4n) is 2.78. The fraction of sp³-hybridized carbons (Fsp3) is 0.0870. The molecule has 0 saturated carbocycles. The van der Waals surface area contributed by atoms with Crippen molar-refractivity contribution in [2.45, 2.75) is 13.8 Å². The van der Waals surface area contributed by atoms with Crippen LogP contribution in [-0.4, -0.2) is 5.78 Å². The first-order valence-corrected chi connectivity index (χ1v) is 7.92. The molecule has 0 aliphatic carbocycles. The summed E-state index contributed by atoms with van der Waals surface area (Å²) in [7, 11) is 0. The van der Waals surface area contributed by atoms with Gasteiger partial charge in [0.2, 0.25) is 5.78 Å². The molecule has 0 bridgehead atoms. The number of ketones is 1. The SMILES string of the molecule is Cc1cc(C)cc(-c2ccccc2C(=O)C#Cc2ccccc2)c1. The predicted octanol–water partition coefficient (Wildman–Crippen LogP) is 5.20. The van der Waals surface area contributed by atoms with E-state index in [1.807, 2.05) is 54.6 Å². The minimum absolute atomic E-state index is 0.159. The van der Waals surface area contributed by atoms with Gasteiger partial charge in [0.25, 0.3) is 0 Å². The maximum absolute atomic E-state index is 12.6. The zero-order valence-electron chi connectivity index (χ0n) is 13.8. The summed E-state index contributed by atoms with van der Waals surface area (Å²) in [5.74, 6) is 5.55. The van der Waals surface area contributed by atoms with Crippen molar-refractivity contribution >= 4 is 5.78 Å². The van der Waals surface area contributed by atoms with Gasteiger partial charge in [-0.25, -0.2) is 0 Å². The molecule has 0 amide bonds. The number of carbonyl (C=O) groups excluding carboxylic acids is 1. The van der Waals surface area contributed by atoms with Crippen molar-refractivity contribution in [3.63, 3.8) is 0 Å². The van der Waals surface area contributed by atoms with Gasteiger partial charge in [-0.2, -0.15) is 0 Å². The average molecular weight is 310 g/mol. The molecule has 0 unspecified atom stereocenters. The predicted molar refractivity (Wildman–Crippen MR) is 99.0 cm³/mol. The molecule has 0 aromatic heterocycles. The van der Waals surface area contributed by atoms with E-state index in [9.17, 15) is 4.79 Å². The second-order valence-corrected chi connectivity index (χ2v) is 5.87. The minimum atomic E-state index is -0.159. The van der Waals surface area contributed by atoms with Gasteiger partial charge in [0.15, 0.2) is 0 Å². The number of benzene rings is 3. The molecule has 1 heteroatoms. The summed E-state index contributed by atoms with van der Waals surface area (Å²) in [6, 6.07) is 23.5. The Kier molecular flexibility index (Phi) is 4.59. The highest BCUT2D eigenvalue weighted by molar-refractivity contribution is 6.13. The van der Waals surface area contributed by atoms with Crippen LogP contribution < -0.4 is 0 Å². The van der Waals surface area contributed by atoms with E-state index in [-0.39, 0.29) is 5.78 Å². The topological polar surface area (TPSA) is 17.1 Å². The number of hydrogen-bond donors (Lipinski definition) is 0. The molecule has 0 heterocycles. The number of aryl methyl sites for hydroxylation is 2. The molecule has 0 N–H and O–H groups in total. The molecule has 0 aliphatic heterocycles. The van der Waals surface area contributed by atoms with E-state index in [4.69, 9.17) is 0 Å². The maximum atomic E-state index is 12.6. The molecule has 0 aliphatic rings. The molecule has 3 aromatic rings. The van der Waals surface area contributed by atoms with Crippen molar-refractivity contribution in [3.05, 3.63) is 95.1 Å². The quantitative estimate of drug-likeness (QED) is 0.469. The maximum Gasteiger partial charge on any atom is 0.236 e. The Labute approximate surface area is 143 Å². The van der Waals surface area contributed by atoms with Crippen molar-refractivity contribution in [3.8, 4) is 23.0 Å². The van der Waals surface area contributed by atoms with E-state index < -0.39 is 0 Å². The third-order valence-electron chi connectivity index (χ3n) is 3.80. The van der Waals surface area contributed by atoms with E-state index in [0.29, 0.717) is 5.56 Å². The van der Waals surface area contributed by atoms with Crippen LogP contribution in [0.2, 0.25) is 0 Å². The Balaban J connectivity index is 2.01. The number of Topliss-reactive ketones (excluding diaryl/α,β-unsaturated/α-hetero) is 1. The summed E-state index contributed by atoms with van der Waals surface area (Å²) in [5, 5.41) is 0. The first-order valence-electron chi connectivity index (χ1n) is 7.92. The van der Waals surface area contributed by atoms with Gasteiger partial charge < -0.3 is 0 Å². The molecule has 3 rings (SSSR count). The van der Waals surface area contributed by atoms with Crippen LogP contribution in [-0.2, 0) is 0 Å². The molecule has 0 fully saturated rings. The Morgan fingerprint density at radius 1 is 0.792 bits per heavy atom. The summed E-state index contributed by atoms with van der Waals surface area (Å²) in [4.78, 5) is 12.6. The summed E-state index contributed by atoms with van der Waals surface area (Å²) >= 11 is 0. The summed E-state index contributed by atoms with van der Waals surface area (Å²) in [6.45, 7) is 4.13. The number of rotatable bonds is 2. The van der Waals surface area contributed by atoms with Crippen LogP contribution >= 0.6 is 0 Å². The zero-order chi connectivity index (χ0) is 16.9. The molecule has 116 valence electrons. The first kappa shape index (κ1) is 15.8. The van der Waals surface area contributed by atoms with Gasteiger partial charge in [-0.1, -0.05) is 71.6 Å². The average Bonchev–Trinajstić information content (AvgIpc) is 2.60. The van der Waals surface area contributed by atoms with Crippen LogP contribution in [0.4, 0.5) is 0 Å². The van der Waals surface area contributed by atoms with Crippen molar-refractivity contribution in [1.82, 2.24) is 0 Å². The molecular formula is C23H18O. The largest absolute Gasteiger partial charge is 0.279 e. The second kappa shape index (κ2) is 6.98. The van der Waals surface area contributed by atoms with Crippen LogP contribution in [0.15, 0.2) is 72.8 Å². The van der Waals surface area contributed by atoms with Crippen LogP contribution in [0.1, 0.15) is 27.0 Å². The van der Waals surface area contributed by atoms with Crippen molar-refractivity contribution in [2.24, 2.45) is 0 Å². The first-order chi connectivity index (χ1) is 11.6.